The number of guanidine groups is 1. The topological polar surface area (TPSA) is 67.1 Å². The largest absolute Gasteiger partial charge is 0.356 e. The molecule has 0 atom stereocenters. The molecule has 0 aromatic carbocycles. The minimum absolute atomic E-state index is 0.788. The Kier molecular flexibility index (Phi) is 5.94. The summed E-state index contributed by atoms with van der Waals surface area (Å²) in [5, 5.41) is 12.0. The predicted octanol–water partition coefficient (Wildman–Crippen LogP) is 1.67. The van der Waals surface area contributed by atoms with Crippen molar-refractivity contribution < 1.29 is 0 Å². The molecule has 2 rings (SSSR count). The SMILES string of the molecule is CN=C(NCCc1nc(C)c(C)s1)NCCn1cc(C)cn1. The van der Waals surface area contributed by atoms with E-state index in [2.05, 4.69) is 39.6 Å². The molecule has 0 unspecified atom stereocenters. The van der Waals surface area contributed by atoms with E-state index in [0.29, 0.717) is 0 Å². The summed E-state index contributed by atoms with van der Waals surface area (Å²) < 4.78 is 1.93. The number of rotatable bonds is 6. The van der Waals surface area contributed by atoms with Crippen LogP contribution in [-0.4, -0.2) is 40.9 Å². The van der Waals surface area contributed by atoms with Crippen molar-refractivity contribution in [2.45, 2.75) is 33.7 Å². The van der Waals surface area contributed by atoms with Gasteiger partial charge in [0.15, 0.2) is 5.96 Å². The van der Waals surface area contributed by atoms with Crippen molar-refractivity contribution in [3.63, 3.8) is 0 Å². The summed E-state index contributed by atoms with van der Waals surface area (Å²) in [5.74, 6) is 0.814. The average molecular weight is 320 g/mol. The van der Waals surface area contributed by atoms with Crippen LogP contribution in [0.1, 0.15) is 21.1 Å². The summed E-state index contributed by atoms with van der Waals surface area (Å²) in [6, 6.07) is 0. The molecule has 0 fully saturated rings. The van der Waals surface area contributed by atoms with E-state index < -0.39 is 0 Å². The van der Waals surface area contributed by atoms with E-state index in [4.69, 9.17) is 0 Å². The lowest BCUT2D eigenvalue weighted by Crippen LogP contribution is -2.39. The third kappa shape index (κ3) is 4.84. The minimum Gasteiger partial charge on any atom is -0.356 e. The molecule has 0 aliphatic rings. The van der Waals surface area contributed by atoms with Crippen LogP contribution in [0.3, 0.4) is 0 Å². The highest BCUT2D eigenvalue weighted by Gasteiger charge is 2.04. The van der Waals surface area contributed by atoms with Crippen molar-refractivity contribution in [2.24, 2.45) is 4.99 Å². The van der Waals surface area contributed by atoms with Crippen LogP contribution in [0, 0.1) is 20.8 Å². The molecule has 7 heteroatoms. The highest BCUT2D eigenvalue weighted by molar-refractivity contribution is 7.11. The first-order chi connectivity index (χ1) is 10.6. The van der Waals surface area contributed by atoms with E-state index in [0.717, 1.165) is 37.7 Å². The fourth-order valence-electron chi connectivity index (χ4n) is 2.03. The molecule has 0 amide bonds. The molecule has 2 heterocycles. The lowest BCUT2D eigenvalue weighted by molar-refractivity contribution is 0.597. The van der Waals surface area contributed by atoms with Gasteiger partial charge in [-0.1, -0.05) is 0 Å². The van der Waals surface area contributed by atoms with Gasteiger partial charge in [0.25, 0.3) is 0 Å². The fraction of sp³-hybridized carbons (Fsp3) is 0.533. The molecule has 0 radical (unpaired) electrons. The van der Waals surface area contributed by atoms with E-state index in [1.807, 2.05) is 24.0 Å². The van der Waals surface area contributed by atoms with Crippen LogP contribution < -0.4 is 10.6 Å². The van der Waals surface area contributed by atoms with Crippen molar-refractivity contribution in [1.29, 1.82) is 0 Å². The van der Waals surface area contributed by atoms with Gasteiger partial charge in [-0.05, 0) is 26.3 Å². The smallest absolute Gasteiger partial charge is 0.191 e. The quantitative estimate of drug-likeness (QED) is 0.628. The van der Waals surface area contributed by atoms with Gasteiger partial charge in [0.1, 0.15) is 0 Å². The first kappa shape index (κ1) is 16.5. The predicted molar refractivity (Wildman–Crippen MR) is 91.6 cm³/mol. The molecule has 0 saturated heterocycles. The molecule has 0 bridgehead atoms. The second-order valence-corrected chi connectivity index (χ2v) is 6.49. The standard InChI is InChI=1S/C15H24N6S/c1-11-9-19-21(10-11)8-7-18-15(16-4)17-6-5-14-20-12(2)13(3)22-14/h9-10H,5-8H2,1-4H3,(H2,16,17,18). The number of hydrogen-bond acceptors (Lipinski definition) is 4. The zero-order valence-corrected chi connectivity index (χ0v) is 14.5. The summed E-state index contributed by atoms with van der Waals surface area (Å²) in [6.45, 7) is 8.64. The number of aromatic nitrogens is 3. The maximum absolute atomic E-state index is 4.54. The number of nitrogens with zero attached hydrogens (tertiary/aromatic N) is 4. The molecule has 120 valence electrons. The third-order valence-electron chi connectivity index (χ3n) is 3.32. The molecule has 2 N–H and O–H groups in total. The summed E-state index contributed by atoms with van der Waals surface area (Å²) in [7, 11) is 1.78. The summed E-state index contributed by atoms with van der Waals surface area (Å²) in [4.78, 5) is 10.1. The van der Waals surface area contributed by atoms with Gasteiger partial charge >= 0.3 is 0 Å². The maximum atomic E-state index is 4.54. The fourth-order valence-corrected chi connectivity index (χ4v) is 2.97. The number of aryl methyl sites for hydroxylation is 3. The van der Waals surface area contributed by atoms with Gasteiger partial charge in [-0.3, -0.25) is 9.67 Å². The Labute approximate surface area is 135 Å². The van der Waals surface area contributed by atoms with Gasteiger partial charge < -0.3 is 10.6 Å². The second-order valence-electron chi connectivity index (χ2n) is 5.21. The monoisotopic (exact) mass is 320 g/mol. The molecule has 6 nitrogen and oxygen atoms in total. The van der Waals surface area contributed by atoms with Crippen LogP contribution >= 0.6 is 11.3 Å². The average Bonchev–Trinajstić information content (AvgIpc) is 3.03. The van der Waals surface area contributed by atoms with Gasteiger partial charge in [-0.15, -0.1) is 11.3 Å². The van der Waals surface area contributed by atoms with Gasteiger partial charge in [0, 0.05) is 37.6 Å². The van der Waals surface area contributed by atoms with Crippen molar-refractivity contribution in [2.75, 3.05) is 20.1 Å². The molecule has 2 aromatic rings. The molecule has 0 aliphatic heterocycles. The van der Waals surface area contributed by atoms with Gasteiger partial charge in [0.05, 0.1) is 23.4 Å². The third-order valence-corrected chi connectivity index (χ3v) is 4.46. The molecular weight excluding hydrogens is 296 g/mol. The van der Waals surface area contributed by atoms with E-state index >= 15 is 0 Å². The Morgan fingerprint density at radius 3 is 2.64 bits per heavy atom. The van der Waals surface area contributed by atoms with E-state index in [1.165, 1.54) is 15.4 Å². The highest BCUT2D eigenvalue weighted by Crippen LogP contribution is 2.16. The lowest BCUT2D eigenvalue weighted by atomic mass is 10.4. The Hall–Kier alpha value is -1.89. The second kappa shape index (κ2) is 7.93. The summed E-state index contributed by atoms with van der Waals surface area (Å²) >= 11 is 1.77. The first-order valence-electron chi connectivity index (χ1n) is 7.45. The van der Waals surface area contributed by atoms with Crippen molar-refractivity contribution in [1.82, 2.24) is 25.4 Å². The lowest BCUT2D eigenvalue weighted by Gasteiger charge is -2.11. The number of hydrogen-bond donors (Lipinski definition) is 2. The van der Waals surface area contributed by atoms with Crippen LogP contribution in [0.2, 0.25) is 0 Å². The van der Waals surface area contributed by atoms with Crippen molar-refractivity contribution in [3.05, 3.63) is 33.5 Å². The summed E-state index contributed by atoms with van der Waals surface area (Å²) in [6.07, 6.45) is 4.81. The Balaban J connectivity index is 1.68. The van der Waals surface area contributed by atoms with Gasteiger partial charge in [-0.25, -0.2) is 4.98 Å². The number of aliphatic imine (C=N–C) groups is 1. The van der Waals surface area contributed by atoms with Crippen molar-refractivity contribution in [3.8, 4) is 0 Å². The van der Waals surface area contributed by atoms with Crippen LogP contribution in [0.4, 0.5) is 0 Å². The number of nitrogens with one attached hydrogen (secondary N) is 2. The van der Waals surface area contributed by atoms with E-state index in [1.54, 1.807) is 18.4 Å². The van der Waals surface area contributed by atoms with Gasteiger partial charge in [0.2, 0.25) is 0 Å². The van der Waals surface area contributed by atoms with E-state index in [-0.39, 0.29) is 0 Å². The highest BCUT2D eigenvalue weighted by atomic mass is 32.1. The zero-order chi connectivity index (χ0) is 15.9. The Morgan fingerprint density at radius 2 is 2.05 bits per heavy atom. The van der Waals surface area contributed by atoms with E-state index in [9.17, 15) is 0 Å². The Bertz CT molecular complexity index is 608. The van der Waals surface area contributed by atoms with Gasteiger partial charge in [-0.2, -0.15) is 5.10 Å². The normalized spacial score (nSPS) is 11.7. The summed E-state index contributed by atoms with van der Waals surface area (Å²) in [5.41, 5.74) is 2.31. The first-order valence-corrected chi connectivity index (χ1v) is 8.26. The molecule has 0 spiro atoms. The van der Waals surface area contributed by atoms with Crippen LogP contribution in [-0.2, 0) is 13.0 Å². The van der Waals surface area contributed by atoms with Crippen LogP contribution in [0.25, 0.3) is 0 Å². The molecule has 0 aliphatic carbocycles. The Morgan fingerprint density at radius 1 is 1.27 bits per heavy atom. The van der Waals surface area contributed by atoms with Crippen LogP contribution in [0.5, 0.6) is 0 Å². The van der Waals surface area contributed by atoms with Crippen LogP contribution in [0.15, 0.2) is 17.4 Å². The minimum atomic E-state index is 0.788. The zero-order valence-electron chi connectivity index (χ0n) is 13.7. The molecule has 0 saturated carbocycles. The molecule has 2 aromatic heterocycles. The maximum Gasteiger partial charge on any atom is 0.191 e. The number of thiazole rings is 1. The molecule has 22 heavy (non-hydrogen) atoms. The molecular formula is C15H24N6S. The van der Waals surface area contributed by atoms with Crippen molar-refractivity contribution >= 4 is 17.3 Å².